The van der Waals surface area contributed by atoms with Crippen molar-refractivity contribution < 1.29 is 0 Å². The number of hydrogen-bond donors (Lipinski definition) is 1. The number of benzene rings is 1. The van der Waals surface area contributed by atoms with Crippen molar-refractivity contribution in [3.05, 3.63) is 30.3 Å². The SMILES string of the molecule is c1ccc(N2CCN(CN3CCNCC3)CC2)cc1. The lowest BCUT2D eigenvalue weighted by Gasteiger charge is -2.39. The second kappa shape index (κ2) is 6.37. The van der Waals surface area contributed by atoms with Crippen molar-refractivity contribution >= 4 is 5.69 Å². The van der Waals surface area contributed by atoms with E-state index < -0.39 is 0 Å². The minimum Gasteiger partial charge on any atom is -0.369 e. The maximum absolute atomic E-state index is 3.41. The maximum Gasteiger partial charge on any atom is 0.0508 e. The Bertz CT molecular complexity index is 367. The highest BCUT2D eigenvalue weighted by molar-refractivity contribution is 5.46. The molecule has 0 radical (unpaired) electrons. The number of rotatable bonds is 3. The number of anilines is 1. The third-order valence-corrected chi connectivity index (χ3v) is 4.10. The fourth-order valence-electron chi connectivity index (χ4n) is 2.92. The molecule has 0 saturated carbocycles. The maximum atomic E-state index is 3.41. The quantitative estimate of drug-likeness (QED) is 0.862. The van der Waals surface area contributed by atoms with Crippen LogP contribution in [0.25, 0.3) is 0 Å². The van der Waals surface area contributed by atoms with Crippen LogP contribution in [-0.4, -0.2) is 68.8 Å². The summed E-state index contributed by atoms with van der Waals surface area (Å²) in [5, 5.41) is 3.41. The van der Waals surface area contributed by atoms with Gasteiger partial charge in [-0.1, -0.05) is 18.2 Å². The third-order valence-electron chi connectivity index (χ3n) is 4.10. The molecule has 2 fully saturated rings. The van der Waals surface area contributed by atoms with Gasteiger partial charge in [-0.15, -0.1) is 0 Å². The monoisotopic (exact) mass is 260 g/mol. The van der Waals surface area contributed by atoms with Gasteiger partial charge in [-0.3, -0.25) is 9.80 Å². The molecule has 0 amide bonds. The van der Waals surface area contributed by atoms with E-state index in [4.69, 9.17) is 0 Å². The zero-order chi connectivity index (χ0) is 12.9. The van der Waals surface area contributed by atoms with Gasteiger partial charge in [0, 0.05) is 58.0 Å². The van der Waals surface area contributed by atoms with Crippen LogP contribution >= 0.6 is 0 Å². The summed E-state index contributed by atoms with van der Waals surface area (Å²) in [6.45, 7) is 10.5. The summed E-state index contributed by atoms with van der Waals surface area (Å²) in [6.07, 6.45) is 0. The van der Waals surface area contributed by atoms with E-state index in [2.05, 4.69) is 50.3 Å². The minimum absolute atomic E-state index is 1.14. The zero-order valence-electron chi connectivity index (χ0n) is 11.6. The van der Waals surface area contributed by atoms with Crippen LogP contribution in [0.2, 0.25) is 0 Å². The first-order chi connectivity index (χ1) is 9.42. The standard InChI is InChI=1S/C15H24N4/c1-2-4-15(5-3-1)19-12-10-18(11-13-19)14-17-8-6-16-7-9-17/h1-5,16H,6-14H2. The Morgan fingerprint density at radius 1 is 0.789 bits per heavy atom. The van der Waals surface area contributed by atoms with Gasteiger partial charge >= 0.3 is 0 Å². The molecule has 2 aliphatic heterocycles. The van der Waals surface area contributed by atoms with Crippen LogP contribution in [-0.2, 0) is 0 Å². The normalized spacial score (nSPS) is 22.6. The molecule has 1 aromatic rings. The van der Waals surface area contributed by atoms with Crippen molar-refractivity contribution in [3.63, 3.8) is 0 Å². The highest BCUT2D eigenvalue weighted by Gasteiger charge is 2.19. The second-order valence-electron chi connectivity index (χ2n) is 5.45. The van der Waals surface area contributed by atoms with Gasteiger partial charge in [-0.2, -0.15) is 0 Å². The summed E-state index contributed by atoms with van der Waals surface area (Å²) in [7, 11) is 0. The van der Waals surface area contributed by atoms with E-state index in [1.165, 1.54) is 31.9 Å². The Balaban J connectivity index is 1.46. The molecule has 0 aliphatic carbocycles. The van der Waals surface area contributed by atoms with E-state index >= 15 is 0 Å². The summed E-state index contributed by atoms with van der Waals surface area (Å²) >= 11 is 0. The first kappa shape index (κ1) is 12.9. The molecular weight excluding hydrogens is 236 g/mol. The molecule has 0 unspecified atom stereocenters. The number of nitrogens with one attached hydrogen (secondary N) is 1. The molecule has 0 aromatic heterocycles. The topological polar surface area (TPSA) is 21.8 Å². The van der Waals surface area contributed by atoms with Crippen LogP contribution < -0.4 is 10.2 Å². The molecule has 19 heavy (non-hydrogen) atoms. The minimum atomic E-state index is 1.14. The fraction of sp³-hybridized carbons (Fsp3) is 0.600. The molecular formula is C15H24N4. The van der Waals surface area contributed by atoms with Crippen molar-refractivity contribution in [2.75, 3.05) is 63.9 Å². The van der Waals surface area contributed by atoms with Crippen LogP contribution in [0.4, 0.5) is 5.69 Å². The predicted molar refractivity (Wildman–Crippen MR) is 79.5 cm³/mol. The smallest absolute Gasteiger partial charge is 0.0508 e. The zero-order valence-corrected chi connectivity index (χ0v) is 11.6. The van der Waals surface area contributed by atoms with E-state index in [1.54, 1.807) is 0 Å². The molecule has 0 bridgehead atoms. The van der Waals surface area contributed by atoms with Gasteiger partial charge in [0.2, 0.25) is 0 Å². The second-order valence-corrected chi connectivity index (χ2v) is 5.45. The molecule has 104 valence electrons. The van der Waals surface area contributed by atoms with Crippen LogP contribution in [0, 0.1) is 0 Å². The highest BCUT2D eigenvalue weighted by atomic mass is 15.4. The summed E-state index contributed by atoms with van der Waals surface area (Å²) in [6, 6.07) is 10.8. The highest BCUT2D eigenvalue weighted by Crippen LogP contribution is 2.15. The molecule has 0 spiro atoms. The molecule has 3 rings (SSSR count). The Labute approximate surface area is 116 Å². The van der Waals surface area contributed by atoms with E-state index in [0.29, 0.717) is 0 Å². The van der Waals surface area contributed by atoms with Crippen molar-refractivity contribution in [1.82, 2.24) is 15.1 Å². The largest absolute Gasteiger partial charge is 0.369 e. The molecule has 2 aliphatic rings. The van der Waals surface area contributed by atoms with E-state index in [1.807, 2.05) is 0 Å². The molecule has 0 atom stereocenters. The number of para-hydroxylation sites is 1. The predicted octanol–water partition coefficient (Wildman–Crippen LogP) is 0.671. The number of hydrogen-bond acceptors (Lipinski definition) is 4. The lowest BCUT2D eigenvalue weighted by atomic mass is 10.2. The lowest BCUT2D eigenvalue weighted by Crippen LogP contribution is -2.53. The molecule has 4 heteroatoms. The van der Waals surface area contributed by atoms with E-state index in [0.717, 1.165) is 32.8 Å². The van der Waals surface area contributed by atoms with Crippen LogP contribution in [0.5, 0.6) is 0 Å². The van der Waals surface area contributed by atoms with Crippen LogP contribution in [0.15, 0.2) is 30.3 Å². The lowest BCUT2D eigenvalue weighted by molar-refractivity contribution is 0.114. The van der Waals surface area contributed by atoms with E-state index in [-0.39, 0.29) is 0 Å². The Hall–Kier alpha value is -1.10. The van der Waals surface area contributed by atoms with Gasteiger partial charge in [0.05, 0.1) is 6.67 Å². The average molecular weight is 260 g/mol. The number of piperazine rings is 2. The third kappa shape index (κ3) is 3.47. The van der Waals surface area contributed by atoms with Gasteiger partial charge in [0.15, 0.2) is 0 Å². The Morgan fingerprint density at radius 3 is 2.11 bits per heavy atom. The molecule has 1 N–H and O–H groups in total. The molecule has 2 saturated heterocycles. The first-order valence-electron chi connectivity index (χ1n) is 7.37. The molecule has 2 heterocycles. The van der Waals surface area contributed by atoms with Gasteiger partial charge in [0.1, 0.15) is 0 Å². The van der Waals surface area contributed by atoms with Crippen molar-refractivity contribution in [3.8, 4) is 0 Å². The summed E-state index contributed by atoms with van der Waals surface area (Å²) in [5.41, 5.74) is 1.37. The van der Waals surface area contributed by atoms with Crippen LogP contribution in [0.1, 0.15) is 0 Å². The van der Waals surface area contributed by atoms with E-state index in [9.17, 15) is 0 Å². The summed E-state index contributed by atoms with van der Waals surface area (Å²) in [4.78, 5) is 7.65. The fourth-order valence-corrected chi connectivity index (χ4v) is 2.92. The van der Waals surface area contributed by atoms with Crippen molar-refractivity contribution in [2.24, 2.45) is 0 Å². The summed E-state index contributed by atoms with van der Waals surface area (Å²) in [5.74, 6) is 0. The molecule has 4 nitrogen and oxygen atoms in total. The first-order valence-corrected chi connectivity index (χ1v) is 7.37. The van der Waals surface area contributed by atoms with Crippen molar-refractivity contribution in [1.29, 1.82) is 0 Å². The van der Waals surface area contributed by atoms with Crippen LogP contribution in [0.3, 0.4) is 0 Å². The molecule has 1 aromatic carbocycles. The van der Waals surface area contributed by atoms with Gasteiger partial charge in [0.25, 0.3) is 0 Å². The van der Waals surface area contributed by atoms with Gasteiger partial charge < -0.3 is 10.2 Å². The number of nitrogens with zero attached hydrogens (tertiary/aromatic N) is 3. The Kier molecular flexibility index (Phi) is 4.33. The Morgan fingerprint density at radius 2 is 1.42 bits per heavy atom. The van der Waals surface area contributed by atoms with Gasteiger partial charge in [-0.05, 0) is 12.1 Å². The van der Waals surface area contributed by atoms with Gasteiger partial charge in [-0.25, -0.2) is 0 Å². The summed E-state index contributed by atoms with van der Waals surface area (Å²) < 4.78 is 0. The van der Waals surface area contributed by atoms with Crippen molar-refractivity contribution in [2.45, 2.75) is 0 Å². The average Bonchev–Trinajstić information content (AvgIpc) is 2.50.